The van der Waals surface area contributed by atoms with E-state index in [4.69, 9.17) is 4.74 Å². The van der Waals surface area contributed by atoms with Gasteiger partial charge in [0.05, 0.1) is 6.61 Å². The zero-order chi connectivity index (χ0) is 11.6. The molecular weight excluding hydrogens is 204 g/mol. The predicted molar refractivity (Wildman–Crippen MR) is 64.5 cm³/mol. The summed E-state index contributed by atoms with van der Waals surface area (Å²) < 4.78 is 4.88. The Morgan fingerprint density at radius 2 is 1.81 bits per heavy atom. The van der Waals surface area contributed by atoms with Crippen molar-refractivity contribution < 1.29 is 9.53 Å². The van der Waals surface area contributed by atoms with E-state index in [2.05, 4.69) is 10.6 Å². The summed E-state index contributed by atoms with van der Waals surface area (Å²) in [4.78, 5) is 11.5. The lowest BCUT2D eigenvalue weighted by atomic mass is 9.97. The van der Waals surface area contributed by atoms with Crippen LogP contribution in [-0.4, -0.2) is 32.3 Å². The quantitative estimate of drug-likeness (QED) is 0.723. The van der Waals surface area contributed by atoms with Crippen molar-refractivity contribution in [1.29, 1.82) is 0 Å². The van der Waals surface area contributed by atoms with E-state index in [1.54, 1.807) is 7.11 Å². The van der Waals surface area contributed by atoms with Gasteiger partial charge in [-0.05, 0) is 12.8 Å². The standard InChI is InChI=1S/C12H24N2O2/c1-16-10-9-13-12(15)14-11-7-5-3-2-4-6-8-11/h11H,2-10H2,1H3,(H2,13,14,15). The SMILES string of the molecule is COCCNC(=O)NC1CCCCCCC1. The summed E-state index contributed by atoms with van der Waals surface area (Å²) in [6, 6.07) is 0.311. The molecule has 0 heterocycles. The molecule has 0 bridgehead atoms. The monoisotopic (exact) mass is 228 g/mol. The molecule has 0 spiro atoms. The predicted octanol–water partition coefficient (Wildman–Crippen LogP) is 2.04. The molecule has 1 saturated carbocycles. The van der Waals surface area contributed by atoms with Crippen molar-refractivity contribution in [3.05, 3.63) is 0 Å². The molecule has 2 amide bonds. The fourth-order valence-electron chi connectivity index (χ4n) is 2.10. The van der Waals surface area contributed by atoms with Crippen LogP contribution in [0.15, 0.2) is 0 Å². The fourth-order valence-corrected chi connectivity index (χ4v) is 2.10. The van der Waals surface area contributed by atoms with Crippen LogP contribution in [0.25, 0.3) is 0 Å². The van der Waals surface area contributed by atoms with Crippen molar-refractivity contribution in [2.24, 2.45) is 0 Å². The molecule has 0 aromatic rings. The second-order valence-electron chi connectivity index (χ2n) is 4.44. The van der Waals surface area contributed by atoms with Gasteiger partial charge < -0.3 is 15.4 Å². The third-order valence-electron chi connectivity index (χ3n) is 3.03. The number of amides is 2. The Morgan fingerprint density at radius 3 is 2.44 bits per heavy atom. The Balaban J connectivity index is 2.14. The summed E-state index contributed by atoms with van der Waals surface area (Å²) in [5, 5.41) is 5.83. The third-order valence-corrected chi connectivity index (χ3v) is 3.03. The minimum Gasteiger partial charge on any atom is -0.383 e. The van der Waals surface area contributed by atoms with Crippen molar-refractivity contribution in [3.63, 3.8) is 0 Å². The van der Waals surface area contributed by atoms with E-state index in [9.17, 15) is 4.79 Å². The highest BCUT2D eigenvalue weighted by Gasteiger charge is 2.13. The van der Waals surface area contributed by atoms with Crippen molar-refractivity contribution in [2.45, 2.75) is 51.0 Å². The number of rotatable bonds is 4. The molecule has 0 aromatic carbocycles. The van der Waals surface area contributed by atoms with Gasteiger partial charge in [0.2, 0.25) is 0 Å². The zero-order valence-corrected chi connectivity index (χ0v) is 10.3. The van der Waals surface area contributed by atoms with E-state index in [1.807, 2.05) is 0 Å². The Hall–Kier alpha value is -0.770. The van der Waals surface area contributed by atoms with Crippen LogP contribution in [0, 0.1) is 0 Å². The van der Waals surface area contributed by atoms with Crippen LogP contribution >= 0.6 is 0 Å². The fraction of sp³-hybridized carbons (Fsp3) is 0.917. The molecule has 1 aliphatic carbocycles. The van der Waals surface area contributed by atoms with Crippen molar-refractivity contribution in [1.82, 2.24) is 10.6 Å². The van der Waals surface area contributed by atoms with Crippen LogP contribution in [0.2, 0.25) is 0 Å². The third kappa shape index (κ3) is 5.95. The lowest BCUT2D eigenvalue weighted by molar-refractivity contribution is 0.194. The molecule has 0 saturated heterocycles. The van der Waals surface area contributed by atoms with Crippen molar-refractivity contribution in [3.8, 4) is 0 Å². The maximum absolute atomic E-state index is 11.5. The number of hydrogen-bond acceptors (Lipinski definition) is 2. The smallest absolute Gasteiger partial charge is 0.315 e. The summed E-state index contributed by atoms with van der Waals surface area (Å²) in [6.07, 6.45) is 8.70. The number of nitrogens with one attached hydrogen (secondary N) is 2. The molecule has 0 aliphatic heterocycles. The summed E-state index contributed by atoms with van der Waals surface area (Å²) in [5.74, 6) is 0. The van der Waals surface area contributed by atoms with Crippen molar-refractivity contribution >= 4 is 6.03 Å². The molecule has 0 radical (unpaired) electrons. The van der Waals surface area contributed by atoms with E-state index in [0.29, 0.717) is 19.2 Å². The van der Waals surface area contributed by atoms with Gasteiger partial charge >= 0.3 is 6.03 Å². The minimum atomic E-state index is -0.0531. The molecule has 1 fully saturated rings. The number of ether oxygens (including phenoxy) is 1. The second-order valence-corrected chi connectivity index (χ2v) is 4.44. The van der Waals surface area contributed by atoms with E-state index < -0.39 is 0 Å². The average Bonchev–Trinajstić information content (AvgIpc) is 2.22. The van der Waals surface area contributed by atoms with Gasteiger partial charge in [0.15, 0.2) is 0 Å². The Labute approximate surface area is 98.1 Å². The maximum Gasteiger partial charge on any atom is 0.315 e. The molecule has 1 rings (SSSR count). The van der Waals surface area contributed by atoms with Crippen LogP contribution in [0.3, 0.4) is 0 Å². The lowest BCUT2D eigenvalue weighted by Gasteiger charge is -2.21. The molecule has 2 N–H and O–H groups in total. The summed E-state index contributed by atoms with van der Waals surface area (Å²) in [6.45, 7) is 1.15. The zero-order valence-electron chi connectivity index (χ0n) is 10.3. The summed E-state index contributed by atoms with van der Waals surface area (Å²) in [5.41, 5.74) is 0. The first-order valence-electron chi connectivity index (χ1n) is 6.36. The van der Waals surface area contributed by atoms with Gasteiger partial charge in [-0.2, -0.15) is 0 Å². The normalized spacial score (nSPS) is 18.6. The number of urea groups is 1. The number of methoxy groups -OCH3 is 1. The number of carbonyl (C=O) groups excluding carboxylic acids is 1. The van der Waals surface area contributed by atoms with Crippen LogP contribution in [0.4, 0.5) is 4.79 Å². The Kier molecular flexibility index (Phi) is 6.97. The largest absolute Gasteiger partial charge is 0.383 e. The number of hydrogen-bond donors (Lipinski definition) is 2. The molecule has 0 aromatic heterocycles. The van der Waals surface area contributed by atoms with E-state index in [1.165, 1.54) is 32.1 Å². The lowest BCUT2D eigenvalue weighted by Crippen LogP contribution is -2.43. The van der Waals surface area contributed by atoms with Gasteiger partial charge in [0.1, 0.15) is 0 Å². The minimum absolute atomic E-state index is 0.0531. The van der Waals surface area contributed by atoms with Gasteiger partial charge in [-0.25, -0.2) is 4.79 Å². The summed E-state index contributed by atoms with van der Waals surface area (Å²) in [7, 11) is 1.63. The highest BCUT2D eigenvalue weighted by atomic mass is 16.5. The van der Waals surface area contributed by atoms with Gasteiger partial charge in [-0.3, -0.25) is 0 Å². The highest BCUT2D eigenvalue weighted by molar-refractivity contribution is 5.74. The first kappa shape index (κ1) is 13.3. The first-order chi connectivity index (χ1) is 7.83. The van der Waals surface area contributed by atoms with Gasteiger partial charge in [0, 0.05) is 19.7 Å². The second kappa shape index (κ2) is 8.39. The molecule has 94 valence electrons. The molecule has 0 atom stereocenters. The van der Waals surface area contributed by atoms with E-state index >= 15 is 0 Å². The first-order valence-corrected chi connectivity index (χ1v) is 6.36. The van der Waals surface area contributed by atoms with Crippen LogP contribution in [0.5, 0.6) is 0 Å². The Bertz CT molecular complexity index is 189. The summed E-state index contributed by atoms with van der Waals surface area (Å²) >= 11 is 0. The molecule has 4 heteroatoms. The number of carbonyl (C=O) groups is 1. The molecule has 16 heavy (non-hydrogen) atoms. The molecule has 0 unspecified atom stereocenters. The van der Waals surface area contributed by atoms with E-state index in [-0.39, 0.29) is 6.03 Å². The van der Waals surface area contributed by atoms with Gasteiger partial charge in [0.25, 0.3) is 0 Å². The molecule has 4 nitrogen and oxygen atoms in total. The topological polar surface area (TPSA) is 50.4 Å². The van der Waals surface area contributed by atoms with E-state index in [0.717, 1.165) is 12.8 Å². The molecule has 1 aliphatic rings. The van der Waals surface area contributed by atoms with Crippen molar-refractivity contribution in [2.75, 3.05) is 20.3 Å². The maximum atomic E-state index is 11.5. The van der Waals surface area contributed by atoms with Crippen LogP contribution in [0.1, 0.15) is 44.9 Å². The van der Waals surface area contributed by atoms with Crippen LogP contribution < -0.4 is 10.6 Å². The average molecular weight is 228 g/mol. The highest BCUT2D eigenvalue weighted by Crippen LogP contribution is 2.16. The van der Waals surface area contributed by atoms with Gasteiger partial charge in [-0.1, -0.05) is 32.1 Å². The molecular formula is C12H24N2O2. The van der Waals surface area contributed by atoms with Crippen LogP contribution in [-0.2, 0) is 4.74 Å². The van der Waals surface area contributed by atoms with Gasteiger partial charge in [-0.15, -0.1) is 0 Å². The Morgan fingerprint density at radius 1 is 1.19 bits per heavy atom.